The van der Waals surface area contributed by atoms with E-state index in [1.165, 1.54) is 28.9 Å². The van der Waals surface area contributed by atoms with Crippen LogP contribution in [0.5, 0.6) is 0 Å². The maximum atomic E-state index is 13.2. The van der Waals surface area contributed by atoms with Gasteiger partial charge in [-0.3, -0.25) is 4.79 Å². The Hall–Kier alpha value is -3.36. The zero-order chi connectivity index (χ0) is 21.8. The zero-order valence-corrected chi connectivity index (χ0v) is 17.6. The van der Waals surface area contributed by atoms with Gasteiger partial charge in [-0.05, 0) is 42.0 Å². The summed E-state index contributed by atoms with van der Waals surface area (Å²) in [5.41, 5.74) is 1.88. The Morgan fingerprint density at radius 3 is 2.39 bits per heavy atom. The van der Waals surface area contributed by atoms with Gasteiger partial charge in [-0.15, -0.1) is 10.2 Å². The average molecular weight is 454 g/mol. The first-order valence-corrected chi connectivity index (χ1v) is 10.5. The summed E-state index contributed by atoms with van der Waals surface area (Å²) < 4.78 is 14.5. The zero-order valence-electron chi connectivity index (χ0n) is 16.1. The van der Waals surface area contributed by atoms with E-state index in [1.54, 1.807) is 12.1 Å². The van der Waals surface area contributed by atoms with Gasteiger partial charge in [0.15, 0.2) is 5.82 Å². The number of carbonyl (C=O) groups is 1. The molecule has 4 rings (SSSR count). The van der Waals surface area contributed by atoms with Crippen molar-refractivity contribution in [3.05, 3.63) is 95.3 Å². The Morgan fingerprint density at radius 1 is 1.00 bits per heavy atom. The van der Waals surface area contributed by atoms with E-state index in [0.29, 0.717) is 27.3 Å². The lowest BCUT2D eigenvalue weighted by Crippen LogP contribution is -2.20. The van der Waals surface area contributed by atoms with E-state index in [2.05, 4.69) is 15.5 Å². The predicted octanol–water partition coefficient (Wildman–Crippen LogP) is 4.92. The number of aromatic nitrogens is 3. The molecule has 0 saturated heterocycles. The van der Waals surface area contributed by atoms with Crippen LogP contribution in [0.2, 0.25) is 5.02 Å². The van der Waals surface area contributed by atoms with Gasteiger partial charge >= 0.3 is 0 Å². The highest BCUT2D eigenvalue weighted by molar-refractivity contribution is 8.00. The molecule has 1 amide bonds. The number of amides is 1. The number of rotatable bonds is 6. The monoisotopic (exact) mass is 453 g/mol. The van der Waals surface area contributed by atoms with Crippen molar-refractivity contribution in [3.63, 3.8) is 0 Å². The summed E-state index contributed by atoms with van der Waals surface area (Å²) in [4.78, 5) is 13.1. The quantitative estimate of drug-likeness (QED) is 0.319. The second-order valence-electron chi connectivity index (χ2n) is 6.56. The topological polar surface area (TPSA) is 85.8 Å². The molecule has 4 aromatic rings. The first-order chi connectivity index (χ1) is 15.0. The van der Waals surface area contributed by atoms with E-state index in [0.717, 1.165) is 17.3 Å². The third-order valence-corrected chi connectivity index (χ3v) is 6.00. The molecule has 3 aromatic carbocycles. The van der Waals surface area contributed by atoms with Gasteiger partial charge in [-0.25, -0.2) is 9.07 Å². The largest absolute Gasteiger partial charge is 0.335 e. The van der Waals surface area contributed by atoms with E-state index < -0.39 is 5.25 Å². The van der Waals surface area contributed by atoms with Crippen LogP contribution in [0, 0.1) is 5.82 Å². The Kier molecular flexibility index (Phi) is 6.20. The van der Waals surface area contributed by atoms with Crippen LogP contribution in [-0.2, 0) is 4.79 Å². The molecule has 0 aliphatic heterocycles. The summed E-state index contributed by atoms with van der Waals surface area (Å²) in [5, 5.41) is 11.3. The van der Waals surface area contributed by atoms with Crippen molar-refractivity contribution in [3.8, 4) is 11.4 Å². The lowest BCUT2D eigenvalue weighted by Gasteiger charge is -2.16. The second-order valence-corrected chi connectivity index (χ2v) is 8.04. The standard InChI is InChI=1S/C22H17ClFN5OS/c23-18-9-5-4-8-17(18)20-27-28-22(29(20)25)31-19(14-6-2-1-3-7-14)21(30)26-16-12-10-15(24)11-13-16/h1-13,19H,25H2,(H,26,30)/t19-/m1/s1. The number of benzene rings is 3. The first kappa shape index (κ1) is 20.9. The molecule has 1 atom stereocenters. The van der Waals surface area contributed by atoms with Crippen molar-refractivity contribution in [2.45, 2.75) is 10.4 Å². The van der Waals surface area contributed by atoms with Crippen molar-refractivity contribution in [2.75, 3.05) is 11.2 Å². The van der Waals surface area contributed by atoms with Crippen LogP contribution in [0.25, 0.3) is 11.4 Å². The van der Waals surface area contributed by atoms with E-state index in [9.17, 15) is 9.18 Å². The van der Waals surface area contributed by atoms with Crippen LogP contribution in [0.1, 0.15) is 10.8 Å². The molecule has 0 spiro atoms. The minimum absolute atomic E-state index is 0.301. The lowest BCUT2D eigenvalue weighted by molar-refractivity contribution is -0.115. The van der Waals surface area contributed by atoms with Crippen LogP contribution in [0.4, 0.5) is 10.1 Å². The SMILES string of the molecule is Nn1c(S[C@@H](C(=O)Nc2ccc(F)cc2)c2ccccc2)nnc1-c1ccccc1Cl. The lowest BCUT2D eigenvalue weighted by atomic mass is 10.1. The first-order valence-electron chi connectivity index (χ1n) is 9.26. The summed E-state index contributed by atoms with van der Waals surface area (Å²) in [6.07, 6.45) is 0. The average Bonchev–Trinajstić information content (AvgIpc) is 3.14. The van der Waals surface area contributed by atoms with E-state index >= 15 is 0 Å². The summed E-state index contributed by atoms with van der Waals surface area (Å²) in [6.45, 7) is 0. The number of thioether (sulfide) groups is 1. The van der Waals surface area contributed by atoms with Gasteiger partial charge < -0.3 is 11.2 Å². The highest BCUT2D eigenvalue weighted by atomic mass is 35.5. The van der Waals surface area contributed by atoms with Crippen LogP contribution in [-0.4, -0.2) is 20.8 Å². The molecule has 1 heterocycles. The van der Waals surface area contributed by atoms with Crippen LogP contribution in [0.15, 0.2) is 84.0 Å². The van der Waals surface area contributed by atoms with Crippen LogP contribution >= 0.6 is 23.4 Å². The summed E-state index contributed by atoms with van der Waals surface area (Å²) >= 11 is 7.41. The molecule has 0 radical (unpaired) electrons. The molecule has 31 heavy (non-hydrogen) atoms. The number of hydrogen-bond donors (Lipinski definition) is 2. The maximum absolute atomic E-state index is 13.2. The van der Waals surface area contributed by atoms with E-state index in [-0.39, 0.29) is 11.7 Å². The predicted molar refractivity (Wildman–Crippen MR) is 121 cm³/mol. The number of nitrogens with one attached hydrogen (secondary N) is 1. The van der Waals surface area contributed by atoms with Crippen molar-refractivity contribution in [1.29, 1.82) is 0 Å². The van der Waals surface area contributed by atoms with Crippen molar-refractivity contribution < 1.29 is 9.18 Å². The highest BCUT2D eigenvalue weighted by Crippen LogP contribution is 2.36. The Bertz CT molecular complexity index is 1200. The summed E-state index contributed by atoms with van der Waals surface area (Å²) in [7, 11) is 0. The number of nitrogens with zero attached hydrogens (tertiary/aromatic N) is 3. The molecule has 0 unspecified atom stereocenters. The smallest absolute Gasteiger partial charge is 0.242 e. The summed E-state index contributed by atoms with van der Waals surface area (Å²) in [5.74, 6) is 5.95. The fraction of sp³-hybridized carbons (Fsp3) is 0.0455. The molecule has 0 aliphatic carbocycles. The molecular weight excluding hydrogens is 437 g/mol. The highest BCUT2D eigenvalue weighted by Gasteiger charge is 2.26. The number of anilines is 1. The molecule has 156 valence electrons. The Balaban J connectivity index is 1.64. The van der Waals surface area contributed by atoms with Gasteiger partial charge in [-0.1, -0.05) is 65.8 Å². The third-order valence-electron chi connectivity index (χ3n) is 4.45. The fourth-order valence-corrected chi connectivity index (χ4v) is 4.11. The van der Waals surface area contributed by atoms with Crippen LogP contribution < -0.4 is 11.2 Å². The Morgan fingerprint density at radius 2 is 1.68 bits per heavy atom. The maximum Gasteiger partial charge on any atom is 0.242 e. The molecule has 3 N–H and O–H groups in total. The molecular formula is C22H17ClFN5OS. The Labute approximate surface area is 187 Å². The number of halogens is 2. The third kappa shape index (κ3) is 4.70. The van der Waals surface area contributed by atoms with Gasteiger partial charge in [0.1, 0.15) is 11.1 Å². The second kappa shape index (κ2) is 9.20. The molecule has 6 nitrogen and oxygen atoms in total. The summed E-state index contributed by atoms with van der Waals surface area (Å²) in [6, 6.07) is 22.0. The molecule has 0 saturated carbocycles. The van der Waals surface area contributed by atoms with Gasteiger partial charge in [0.25, 0.3) is 0 Å². The van der Waals surface area contributed by atoms with E-state index in [4.69, 9.17) is 17.4 Å². The van der Waals surface area contributed by atoms with Crippen molar-refractivity contribution >= 4 is 35.0 Å². The molecule has 1 aromatic heterocycles. The number of carbonyl (C=O) groups excluding carboxylic acids is 1. The van der Waals surface area contributed by atoms with E-state index in [1.807, 2.05) is 42.5 Å². The van der Waals surface area contributed by atoms with Gasteiger partial charge in [0.2, 0.25) is 11.1 Å². The van der Waals surface area contributed by atoms with Gasteiger partial charge in [0.05, 0.1) is 5.02 Å². The van der Waals surface area contributed by atoms with Crippen molar-refractivity contribution in [1.82, 2.24) is 14.9 Å². The van der Waals surface area contributed by atoms with Gasteiger partial charge in [0, 0.05) is 11.3 Å². The fourth-order valence-electron chi connectivity index (χ4n) is 2.93. The normalized spacial score (nSPS) is 11.8. The molecule has 0 aliphatic rings. The minimum atomic E-state index is -0.670. The number of nitrogen functional groups attached to an aromatic ring is 1. The van der Waals surface area contributed by atoms with Crippen LogP contribution in [0.3, 0.4) is 0 Å². The number of hydrogen-bond acceptors (Lipinski definition) is 5. The molecule has 0 bridgehead atoms. The molecule has 9 heteroatoms. The molecule has 0 fully saturated rings. The van der Waals surface area contributed by atoms with Crippen molar-refractivity contribution in [2.24, 2.45) is 0 Å². The van der Waals surface area contributed by atoms with Gasteiger partial charge in [-0.2, -0.15) is 0 Å². The number of nitrogens with two attached hydrogens (primary N) is 1. The minimum Gasteiger partial charge on any atom is -0.335 e.